The molecular weight excluding hydrogens is 390 g/mol. The lowest BCUT2D eigenvalue weighted by Crippen LogP contribution is -2.14. The number of hydrogen-bond acceptors (Lipinski definition) is 4. The number of aromatic carboxylic acids is 1. The zero-order chi connectivity index (χ0) is 20.4. The lowest BCUT2D eigenvalue weighted by atomic mass is 10.1. The zero-order valence-corrected chi connectivity index (χ0v) is 16.4. The fraction of sp³-hybridized carbons (Fsp3) is 0.136. The number of carboxylic acids is 1. The molecule has 0 amide bonds. The van der Waals surface area contributed by atoms with Gasteiger partial charge in [-0.1, -0.05) is 35.4 Å². The Morgan fingerprint density at radius 1 is 1.17 bits per heavy atom. The van der Waals surface area contributed by atoms with Gasteiger partial charge in [0.15, 0.2) is 0 Å². The van der Waals surface area contributed by atoms with E-state index in [0.717, 1.165) is 27.7 Å². The summed E-state index contributed by atoms with van der Waals surface area (Å²) in [5, 5.41) is 11.0. The van der Waals surface area contributed by atoms with E-state index < -0.39 is 5.97 Å². The number of hydrogen-bond donors (Lipinski definition) is 1. The summed E-state index contributed by atoms with van der Waals surface area (Å²) in [6, 6.07) is 14.8. The molecule has 4 aromatic rings. The van der Waals surface area contributed by atoms with Crippen molar-refractivity contribution >= 4 is 28.5 Å². The molecule has 6 nitrogen and oxygen atoms in total. The van der Waals surface area contributed by atoms with Crippen LogP contribution in [0, 0.1) is 6.92 Å². The van der Waals surface area contributed by atoms with Gasteiger partial charge in [-0.2, -0.15) is 0 Å². The van der Waals surface area contributed by atoms with Crippen LogP contribution in [0.1, 0.15) is 16.1 Å². The van der Waals surface area contributed by atoms with E-state index in [1.54, 1.807) is 29.0 Å². The first kappa shape index (κ1) is 19.0. The van der Waals surface area contributed by atoms with Crippen LogP contribution in [0.25, 0.3) is 22.2 Å². The van der Waals surface area contributed by atoms with Crippen molar-refractivity contribution in [2.24, 2.45) is 0 Å². The maximum Gasteiger partial charge on any atom is 0.352 e. The van der Waals surface area contributed by atoms with Gasteiger partial charge in [-0.3, -0.25) is 4.98 Å². The van der Waals surface area contributed by atoms with E-state index >= 15 is 0 Å². The maximum absolute atomic E-state index is 11.9. The van der Waals surface area contributed by atoms with E-state index in [-0.39, 0.29) is 12.3 Å². The van der Waals surface area contributed by atoms with Crippen molar-refractivity contribution in [1.82, 2.24) is 14.5 Å². The van der Waals surface area contributed by atoms with Crippen molar-refractivity contribution in [3.05, 3.63) is 77.2 Å². The van der Waals surface area contributed by atoms with Crippen LogP contribution in [-0.4, -0.2) is 32.2 Å². The summed E-state index contributed by atoms with van der Waals surface area (Å²) in [4.78, 5) is 20.5. The van der Waals surface area contributed by atoms with E-state index in [4.69, 9.17) is 16.3 Å². The summed E-state index contributed by atoms with van der Waals surface area (Å²) in [7, 11) is 0. The van der Waals surface area contributed by atoms with Gasteiger partial charge in [0.05, 0.1) is 22.8 Å². The SMILES string of the molecule is Cc1cccc(-c2nccc3c2cc(C(=O)O)n3CCOc2ccc(Cl)cn2)c1. The molecule has 0 aliphatic rings. The highest BCUT2D eigenvalue weighted by Crippen LogP contribution is 2.30. The molecule has 1 aromatic carbocycles. The third kappa shape index (κ3) is 3.93. The summed E-state index contributed by atoms with van der Waals surface area (Å²) in [6.07, 6.45) is 3.20. The quantitative estimate of drug-likeness (QED) is 0.495. The molecule has 0 aliphatic carbocycles. The van der Waals surface area contributed by atoms with Gasteiger partial charge >= 0.3 is 5.97 Å². The van der Waals surface area contributed by atoms with E-state index in [0.29, 0.717) is 17.4 Å². The maximum atomic E-state index is 11.9. The number of fused-ring (bicyclic) bond motifs is 1. The summed E-state index contributed by atoms with van der Waals surface area (Å²) in [5.41, 5.74) is 3.80. The number of rotatable bonds is 6. The van der Waals surface area contributed by atoms with E-state index in [2.05, 4.69) is 9.97 Å². The Balaban J connectivity index is 1.69. The molecule has 0 saturated carbocycles. The molecule has 1 N–H and O–H groups in total. The van der Waals surface area contributed by atoms with Crippen molar-refractivity contribution in [3.63, 3.8) is 0 Å². The molecule has 7 heteroatoms. The standard InChI is InChI=1S/C22H18ClN3O3/c1-14-3-2-4-15(11-14)21-17-12-19(22(27)28)26(18(17)7-8-24-21)9-10-29-20-6-5-16(23)13-25-20/h2-8,11-13H,9-10H2,1H3,(H,27,28). The number of benzene rings is 1. The Morgan fingerprint density at radius 2 is 2.03 bits per heavy atom. The number of carboxylic acid groups (broad SMARTS) is 1. The lowest BCUT2D eigenvalue weighted by Gasteiger charge is -2.10. The Kier molecular flexibility index (Phi) is 5.18. The first-order valence-corrected chi connectivity index (χ1v) is 9.43. The van der Waals surface area contributed by atoms with Crippen molar-refractivity contribution in [1.29, 1.82) is 0 Å². The average Bonchev–Trinajstić information content (AvgIpc) is 3.08. The van der Waals surface area contributed by atoms with E-state index in [1.807, 2.05) is 37.3 Å². The van der Waals surface area contributed by atoms with Crippen molar-refractivity contribution in [2.45, 2.75) is 13.5 Å². The summed E-state index contributed by atoms with van der Waals surface area (Å²) in [5.74, 6) is -0.564. The van der Waals surface area contributed by atoms with Gasteiger partial charge in [-0.05, 0) is 31.2 Å². The van der Waals surface area contributed by atoms with Crippen LogP contribution in [0.5, 0.6) is 5.88 Å². The molecule has 0 spiro atoms. The number of carbonyl (C=O) groups is 1. The smallest absolute Gasteiger partial charge is 0.352 e. The first-order chi connectivity index (χ1) is 14.0. The summed E-state index contributed by atoms with van der Waals surface area (Å²) in [6.45, 7) is 2.63. The molecule has 4 rings (SSSR count). The highest BCUT2D eigenvalue weighted by Gasteiger charge is 2.18. The Labute approximate surface area is 172 Å². The molecule has 0 saturated heterocycles. The highest BCUT2D eigenvalue weighted by atomic mass is 35.5. The van der Waals surface area contributed by atoms with E-state index in [9.17, 15) is 9.90 Å². The van der Waals surface area contributed by atoms with E-state index in [1.165, 1.54) is 6.20 Å². The topological polar surface area (TPSA) is 77.2 Å². The predicted octanol–water partition coefficient (Wildman–Crippen LogP) is 4.84. The molecule has 146 valence electrons. The van der Waals surface area contributed by atoms with Gasteiger partial charge in [0.1, 0.15) is 12.3 Å². The van der Waals surface area contributed by atoms with Gasteiger partial charge in [-0.25, -0.2) is 9.78 Å². The Hall–Kier alpha value is -3.38. The molecule has 0 unspecified atom stereocenters. The third-order valence-electron chi connectivity index (χ3n) is 4.61. The van der Waals surface area contributed by atoms with Crippen LogP contribution < -0.4 is 4.74 Å². The molecule has 3 heterocycles. The van der Waals surface area contributed by atoms with Gasteiger partial charge < -0.3 is 14.4 Å². The number of nitrogens with zero attached hydrogens (tertiary/aromatic N) is 3. The number of aromatic nitrogens is 3. The van der Waals surface area contributed by atoms with Crippen LogP contribution in [0.2, 0.25) is 5.02 Å². The second-order valence-corrected chi connectivity index (χ2v) is 7.05. The summed E-state index contributed by atoms with van der Waals surface area (Å²) >= 11 is 5.83. The van der Waals surface area contributed by atoms with Crippen molar-refractivity contribution in [2.75, 3.05) is 6.61 Å². The number of halogens is 1. The largest absolute Gasteiger partial charge is 0.477 e. The zero-order valence-electron chi connectivity index (χ0n) is 15.7. The van der Waals surface area contributed by atoms with Crippen LogP contribution in [0.4, 0.5) is 0 Å². The average molecular weight is 408 g/mol. The first-order valence-electron chi connectivity index (χ1n) is 9.06. The Bertz CT molecular complexity index is 1190. The number of ether oxygens (including phenoxy) is 1. The van der Waals surface area contributed by atoms with Crippen molar-refractivity contribution in [3.8, 4) is 17.1 Å². The lowest BCUT2D eigenvalue weighted by molar-refractivity contribution is 0.0684. The highest BCUT2D eigenvalue weighted by molar-refractivity contribution is 6.30. The minimum absolute atomic E-state index is 0.189. The van der Waals surface area contributed by atoms with Crippen LogP contribution in [0.15, 0.2) is 60.9 Å². The second-order valence-electron chi connectivity index (χ2n) is 6.61. The molecule has 29 heavy (non-hydrogen) atoms. The molecular formula is C22H18ClN3O3. The monoisotopic (exact) mass is 407 g/mol. The molecule has 0 fully saturated rings. The van der Waals surface area contributed by atoms with Gasteiger partial charge in [-0.15, -0.1) is 0 Å². The minimum atomic E-state index is -0.999. The molecule has 0 atom stereocenters. The fourth-order valence-electron chi connectivity index (χ4n) is 3.31. The van der Waals surface area contributed by atoms with Crippen LogP contribution in [-0.2, 0) is 6.54 Å². The van der Waals surface area contributed by atoms with Crippen molar-refractivity contribution < 1.29 is 14.6 Å². The predicted molar refractivity (Wildman–Crippen MR) is 112 cm³/mol. The van der Waals surface area contributed by atoms with Gasteiger partial charge in [0, 0.05) is 29.4 Å². The van der Waals surface area contributed by atoms with Crippen LogP contribution >= 0.6 is 11.6 Å². The van der Waals surface area contributed by atoms with Crippen LogP contribution in [0.3, 0.4) is 0 Å². The van der Waals surface area contributed by atoms with Gasteiger partial charge in [0.25, 0.3) is 0 Å². The normalized spacial score (nSPS) is 11.0. The number of pyridine rings is 2. The molecule has 3 aromatic heterocycles. The third-order valence-corrected chi connectivity index (χ3v) is 4.83. The minimum Gasteiger partial charge on any atom is -0.477 e. The summed E-state index contributed by atoms with van der Waals surface area (Å²) < 4.78 is 7.38. The van der Waals surface area contributed by atoms with Gasteiger partial charge in [0.2, 0.25) is 5.88 Å². The molecule has 0 aliphatic heterocycles. The molecule has 0 radical (unpaired) electrons. The Morgan fingerprint density at radius 3 is 2.76 bits per heavy atom. The number of aryl methyl sites for hydroxylation is 1. The fourth-order valence-corrected chi connectivity index (χ4v) is 3.43. The second kappa shape index (κ2) is 7.93. The molecule has 0 bridgehead atoms.